The molecule has 1 aliphatic carbocycles. The molecular formula is C13H20N4O3. The summed E-state index contributed by atoms with van der Waals surface area (Å²) in [6.07, 6.45) is 7.11. The first kappa shape index (κ1) is 14.5. The number of carbonyl (C=O) groups excluding carboxylic acids is 1. The van der Waals surface area contributed by atoms with E-state index in [1.54, 1.807) is 0 Å². The highest BCUT2D eigenvalue weighted by Gasteiger charge is 2.32. The quantitative estimate of drug-likeness (QED) is 0.812. The van der Waals surface area contributed by atoms with Crippen molar-refractivity contribution in [1.29, 1.82) is 0 Å². The van der Waals surface area contributed by atoms with Gasteiger partial charge >= 0.3 is 5.97 Å². The summed E-state index contributed by atoms with van der Waals surface area (Å²) in [5.41, 5.74) is 0.0863. The molecule has 1 aromatic heterocycles. The van der Waals surface area contributed by atoms with Crippen LogP contribution in [-0.2, 0) is 11.3 Å². The van der Waals surface area contributed by atoms with Crippen molar-refractivity contribution in [3.05, 3.63) is 11.9 Å². The highest BCUT2D eigenvalue weighted by Crippen LogP contribution is 2.40. The lowest BCUT2D eigenvalue weighted by atomic mass is 9.83. The first-order valence-electron chi connectivity index (χ1n) is 6.95. The van der Waals surface area contributed by atoms with E-state index in [4.69, 9.17) is 5.11 Å². The predicted octanol–water partition coefficient (Wildman–Crippen LogP) is 1.06. The zero-order chi connectivity index (χ0) is 14.6. The van der Waals surface area contributed by atoms with E-state index < -0.39 is 5.97 Å². The molecule has 0 atom stereocenters. The van der Waals surface area contributed by atoms with Gasteiger partial charge in [0.2, 0.25) is 5.91 Å². The minimum absolute atomic E-state index is 0.0000737. The second kappa shape index (κ2) is 6.02. The molecule has 20 heavy (non-hydrogen) atoms. The molecule has 1 saturated carbocycles. The summed E-state index contributed by atoms with van der Waals surface area (Å²) in [5.74, 6) is -1.31. The fourth-order valence-electron chi connectivity index (χ4n) is 2.74. The number of hydrogen-bond acceptors (Lipinski definition) is 4. The number of rotatable bonds is 6. The number of nitrogens with zero attached hydrogens (tertiary/aromatic N) is 3. The molecule has 0 aliphatic heterocycles. The van der Waals surface area contributed by atoms with Gasteiger partial charge in [-0.2, -0.15) is 0 Å². The van der Waals surface area contributed by atoms with Crippen LogP contribution in [0.25, 0.3) is 0 Å². The maximum Gasteiger partial charge on any atom is 0.358 e. The van der Waals surface area contributed by atoms with Gasteiger partial charge in [0, 0.05) is 6.54 Å². The molecule has 1 heterocycles. The highest BCUT2D eigenvalue weighted by atomic mass is 16.4. The minimum Gasteiger partial charge on any atom is -0.476 e. The Morgan fingerprint density at radius 2 is 2.15 bits per heavy atom. The third-order valence-electron chi connectivity index (χ3n) is 4.14. The summed E-state index contributed by atoms with van der Waals surface area (Å²) >= 11 is 0. The molecule has 0 aromatic carbocycles. The number of carbonyl (C=O) groups is 2. The maximum atomic E-state index is 11.9. The molecule has 0 radical (unpaired) electrons. The number of nitrogens with one attached hydrogen (secondary N) is 1. The lowest BCUT2D eigenvalue weighted by molar-refractivity contribution is -0.122. The molecule has 110 valence electrons. The first-order chi connectivity index (χ1) is 9.54. The SMILES string of the molecule is CCC1(CNC(=O)Cn2cc(C(=O)O)nn2)CCCC1. The average molecular weight is 280 g/mol. The van der Waals surface area contributed by atoms with E-state index in [0.717, 1.165) is 19.3 Å². The van der Waals surface area contributed by atoms with Crippen LogP contribution in [0.1, 0.15) is 49.5 Å². The van der Waals surface area contributed by atoms with Crippen LogP contribution >= 0.6 is 0 Å². The molecule has 1 amide bonds. The summed E-state index contributed by atoms with van der Waals surface area (Å²) in [7, 11) is 0. The van der Waals surface area contributed by atoms with Crippen molar-refractivity contribution < 1.29 is 14.7 Å². The van der Waals surface area contributed by atoms with Crippen LogP contribution in [0.3, 0.4) is 0 Å². The third-order valence-corrected chi connectivity index (χ3v) is 4.14. The number of aromatic carboxylic acids is 1. The first-order valence-corrected chi connectivity index (χ1v) is 6.95. The van der Waals surface area contributed by atoms with Crippen LogP contribution in [0.5, 0.6) is 0 Å². The van der Waals surface area contributed by atoms with Crippen molar-refractivity contribution in [3.63, 3.8) is 0 Å². The van der Waals surface area contributed by atoms with Crippen molar-refractivity contribution in [2.75, 3.05) is 6.54 Å². The van der Waals surface area contributed by atoms with Gasteiger partial charge in [0.25, 0.3) is 0 Å². The van der Waals surface area contributed by atoms with E-state index in [1.807, 2.05) is 0 Å². The molecule has 0 spiro atoms. The van der Waals surface area contributed by atoms with Crippen LogP contribution in [0.4, 0.5) is 0 Å². The van der Waals surface area contributed by atoms with Gasteiger partial charge in [-0.3, -0.25) is 4.79 Å². The molecule has 2 rings (SSSR count). The summed E-state index contributed by atoms with van der Waals surface area (Å²) in [4.78, 5) is 22.5. The van der Waals surface area contributed by atoms with E-state index in [1.165, 1.54) is 23.7 Å². The van der Waals surface area contributed by atoms with E-state index in [-0.39, 0.29) is 23.6 Å². The van der Waals surface area contributed by atoms with Crippen LogP contribution in [-0.4, -0.2) is 38.5 Å². The topological polar surface area (TPSA) is 97.1 Å². The van der Waals surface area contributed by atoms with E-state index in [0.29, 0.717) is 6.54 Å². The smallest absolute Gasteiger partial charge is 0.358 e. The lowest BCUT2D eigenvalue weighted by Crippen LogP contribution is -2.37. The zero-order valence-electron chi connectivity index (χ0n) is 11.6. The Hall–Kier alpha value is -1.92. The second-order valence-corrected chi connectivity index (χ2v) is 5.44. The van der Waals surface area contributed by atoms with Crippen LogP contribution < -0.4 is 5.32 Å². The monoisotopic (exact) mass is 280 g/mol. The Morgan fingerprint density at radius 1 is 1.45 bits per heavy atom. The number of carboxylic acids is 1. The average Bonchev–Trinajstić information content (AvgIpc) is 3.06. The summed E-state index contributed by atoms with van der Waals surface area (Å²) in [5, 5.41) is 18.7. The van der Waals surface area contributed by atoms with Gasteiger partial charge in [-0.05, 0) is 24.7 Å². The number of carboxylic acid groups (broad SMARTS) is 1. The van der Waals surface area contributed by atoms with Gasteiger partial charge in [-0.25, -0.2) is 9.48 Å². The third kappa shape index (κ3) is 3.34. The molecule has 1 aliphatic rings. The normalized spacial score (nSPS) is 17.1. The van der Waals surface area contributed by atoms with Crippen molar-refractivity contribution in [2.45, 2.75) is 45.6 Å². The second-order valence-electron chi connectivity index (χ2n) is 5.44. The van der Waals surface area contributed by atoms with Crippen molar-refractivity contribution >= 4 is 11.9 Å². The summed E-state index contributed by atoms with van der Waals surface area (Å²) < 4.78 is 1.24. The fraction of sp³-hybridized carbons (Fsp3) is 0.692. The zero-order valence-corrected chi connectivity index (χ0v) is 11.6. The number of aromatic nitrogens is 3. The van der Waals surface area contributed by atoms with Gasteiger partial charge in [0.15, 0.2) is 5.69 Å². The van der Waals surface area contributed by atoms with Gasteiger partial charge in [-0.1, -0.05) is 25.0 Å². The van der Waals surface area contributed by atoms with Gasteiger partial charge < -0.3 is 10.4 Å². The molecule has 7 nitrogen and oxygen atoms in total. The molecule has 1 aromatic rings. The van der Waals surface area contributed by atoms with Crippen molar-refractivity contribution in [2.24, 2.45) is 5.41 Å². The van der Waals surface area contributed by atoms with Crippen molar-refractivity contribution in [3.8, 4) is 0 Å². The van der Waals surface area contributed by atoms with E-state index >= 15 is 0 Å². The molecule has 2 N–H and O–H groups in total. The van der Waals surface area contributed by atoms with Gasteiger partial charge in [0.05, 0.1) is 6.20 Å². The molecule has 0 bridgehead atoms. The Labute approximate surface area is 117 Å². The standard InChI is InChI=1S/C13H20N4O3/c1-2-13(5-3-4-6-13)9-14-11(18)8-17-7-10(12(19)20)15-16-17/h7H,2-6,8-9H2,1H3,(H,14,18)(H,19,20). The van der Waals surface area contributed by atoms with Crippen molar-refractivity contribution in [1.82, 2.24) is 20.3 Å². The molecular weight excluding hydrogens is 260 g/mol. The Morgan fingerprint density at radius 3 is 2.70 bits per heavy atom. The molecule has 0 unspecified atom stereocenters. The number of amides is 1. The molecule has 1 fully saturated rings. The number of hydrogen-bond donors (Lipinski definition) is 2. The fourth-order valence-corrected chi connectivity index (χ4v) is 2.74. The van der Waals surface area contributed by atoms with Gasteiger partial charge in [0.1, 0.15) is 6.54 Å². The summed E-state index contributed by atoms with van der Waals surface area (Å²) in [6, 6.07) is 0. The minimum atomic E-state index is -1.15. The highest BCUT2D eigenvalue weighted by molar-refractivity contribution is 5.84. The molecule has 0 saturated heterocycles. The maximum absolute atomic E-state index is 11.9. The van der Waals surface area contributed by atoms with Crippen LogP contribution in [0, 0.1) is 5.41 Å². The van der Waals surface area contributed by atoms with Crippen LogP contribution in [0.15, 0.2) is 6.20 Å². The van der Waals surface area contributed by atoms with E-state index in [2.05, 4.69) is 22.6 Å². The Bertz CT molecular complexity index is 492. The molecule has 7 heteroatoms. The summed E-state index contributed by atoms with van der Waals surface area (Å²) in [6.45, 7) is 2.84. The predicted molar refractivity (Wildman–Crippen MR) is 71.2 cm³/mol. The Balaban J connectivity index is 1.84. The van der Waals surface area contributed by atoms with E-state index in [9.17, 15) is 9.59 Å². The van der Waals surface area contributed by atoms with Gasteiger partial charge in [-0.15, -0.1) is 5.10 Å². The Kier molecular flexibility index (Phi) is 4.36. The largest absolute Gasteiger partial charge is 0.476 e. The van der Waals surface area contributed by atoms with Crippen LogP contribution in [0.2, 0.25) is 0 Å². The lowest BCUT2D eigenvalue weighted by Gasteiger charge is -2.27.